The highest BCUT2D eigenvalue weighted by molar-refractivity contribution is 5.76. The summed E-state index contributed by atoms with van der Waals surface area (Å²) >= 11 is 0. The van der Waals surface area contributed by atoms with Gasteiger partial charge in [0, 0.05) is 30.1 Å². The van der Waals surface area contributed by atoms with E-state index in [0.717, 1.165) is 40.9 Å². The van der Waals surface area contributed by atoms with E-state index < -0.39 is 5.60 Å². The van der Waals surface area contributed by atoms with E-state index in [9.17, 15) is 4.79 Å². The summed E-state index contributed by atoms with van der Waals surface area (Å²) in [5.74, 6) is 1.16. The number of methoxy groups -OCH3 is 1. The molecule has 4 rings (SSSR count). The minimum atomic E-state index is -0.473. The van der Waals surface area contributed by atoms with E-state index in [0.29, 0.717) is 25.6 Å². The zero-order chi connectivity index (χ0) is 22.9. The molecule has 0 atom stereocenters. The number of benzene rings is 1. The van der Waals surface area contributed by atoms with Crippen molar-refractivity contribution in [3.05, 3.63) is 53.3 Å². The van der Waals surface area contributed by atoms with E-state index in [-0.39, 0.29) is 6.09 Å². The average Bonchev–Trinajstić information content (AvgIpc) is 3.14. The zero-order valence-corrected chi connectivity index (χ0v) is 19.6. The molecule has 7 nitrogen and oxygen atoms in total. The number of carbonyl (C=O) groups is 1. The van der Waals surface area contributed by atoms with E-state index in [4.69, 9.17) is 14.5 Å². The first kappa shape index (κ1) is 22.1. The molecule has 0 bridgehead atoms. The lowest BCUT2D eigenvalue weighted by molar-refractivity contribution is 0.0204. The van der Waals surface area contributed by atoms with Crippen molar-refractivity contribution in [2.45, 2.75) is 58.6 Å². The Morgan fingerprint density at radius 2 is 1.84 bits per heavy atom. The third-order valence-corrected chi connectivity index (χ3v) is 5.87. The molecule has 1 aliphatic heterocycles. The van der Waals surface area contributed by atoms with Crippen molar-refractivity contribution in [2.24, 2.45) is 0 Å². The van der Waals surface area contributed by atoms with Gasteiger partial charge in [0.1, 0.15) is 11.4 Å². The van der Waals surface area contributed by atoms with Gasteiger partial charge in [0.05, 0.1) is 19.9 Å². The largest absolute Gasteiger partial charge is 0.497 e. The molecule has 3 heterocycles. The number of fused-ring (bicyclic) bond motifs is 1. The predicted octanol–water partition coefficient (Wildman–Crippen LogP) is 4.91. The van der Waals surface area contributed by atoms with Gasteiger partial charge in [0.2, 0.25) is 0 Å². The maximum atomic E-state index is 12.4. The molecule has 0 radical (unpaired) electrons. The summed E-state index contributed by atoms with van der Waals surface area (Å²) < 4.78 is 12.7. The number of carbonyl (C=O) groups excluding carboxylic acids is 1. The van der Waals surface area contributed by atoms with Gasteiger partial charge in [-0.05, 0) is 69.9 Å². The number of pyridine rings is 1. The van der Waals surface area contributed by atoms with Gasteiger partial charge in [0.25, 0.3) is 0 Å². The van der Waals surface area contributed by atoms with Gasteiger partial charge < -0.3 is 14.4 Å². The maximum absolute atomic E-state index is 12.4. The van der Waals surface area contributed by atoms with Crippen LogP contribution in [-0.4, -0.2) is 51.6 Å². The van der Waals surface area contributed by atoms with E-state index in [1.165, 1.54) is 5.56 Å². The number of aryl methyl sites for hydroxylation is 1. The minimum absolute atomic E-state index is 0.228. The lowest BCUT2D eigenvalue weighted by atomic mass is 9.90. The highest BCUT2D eigenvalue weighted by Gasteiger charge is 2.29. The number of hydrogen-bond acceptors (Lipinski definition) is 5. The van der Waals surface area contributed by atoms with Crippen molar-refractivity contribution in [2.75, 3.05) is 20.2 Å². The van der Waals surface area contributed by atoms with E-state index in [1.54, 1.807) is 7.11 Å². The van der Waals surface area contributed by atoms with Crippen molar-refractivity contribution in [1.82, 2.24) is 19.7 Å². The molecule has 0 aliphatic carbocycles. The van der Waals surface area contributed by atoms with E-state index in [2.05, 4.69) is 18.1 Å². The summed E-state index contributed by atoms with van der Waals surface area (Å²) in [6, 6.07) is 10.2. The molecule has 7 heteroatoms. The fourth-order valence-corrected chi connectivity index (χ4v) is 4.22. The van der Waals surface area contributed by atoms with Crippen molar-refractivity contribution in [1.29, 1.82) is 0 Å². The first-order valence-electron chi connectivity index (χ1n) is 11.2. The highest BCUT2D eigenvalue weighted by atomic mass is 16.6. The third-order valence-electron chi connectivity index (χ3n) is 5.87. The topological polar surface area (TPSA) is 69.5 Å². The fraction of sp³-hybridized carbons (Fsp3) is 0.480. The summed E-state index contributed by atoms with van der Waals surface area (Å²) in [6.07, 6.45) is 3.41. The maximum Gasteiger partial charge on any atom is 0.410 e. The van der Waals surface area contributed by atoms with Crippen LogP contribution in [0.5, 0.6) is 5.75 Å². The summed E-state index contributed by atoms with van der Waals surface area (Å²) in [7, 11) is 1.67. The minimum Gasteiger partial charge on any atom is -0.497 e. The number of likely N-dealkylation sites (tertiary alicyclic amines) is 1. The lowest BCUT2D eigenvalue weighted by Crippen LogP contribution is -2.41. The lowest BCUT2D eigenvalue weighted by Gasteiger charge is -2.33. The number of piperidine rings is 1. The van der Waals surface area contributed by atoms with Gasteiger partial charge >= 0.3 is 6.09 Å². The molecule has 1 aromatic carbocycles. The summed E-state index contributed by atoms with van der Waals surface area (Å²) in [5.41, 5.74) is 3.86. The molecule has 1 aliphatic rings. The quantitative estimate of drug-likeness (QED) is 0.581. The van der Waals surface area contributed by atoms with Crippen LogP contribution in [0.15, 0.2) is 36.5 Å². The highest BCUT2D eigenvalue weighted by Crippen LogP contribution is 2.31. The third kappa shape index (κ3) is 4.87. The van der Waals surface area contributed by atoms with Gasteiger partial charge in [-0.2, -0.15) is 5.10 Å². The first-order valence-corrected chi connectivity index (χ1v) is 11.2. The normalized spacial score (nSPS) is 15.2. The van der Waals surface area contributed by atoms with Crippen molar-refractivity contribution in [3.8, 4) is 5.75 Å². The monoisotopic (exact) mass is 436 g/mol. The van der Waals surface area contributed by atoms with E-state index in [1.807, 2.05) is 60.8 Å². The van der Waals surface area contributed by atoms with Crippen molar-refractivity contribution < 1.29 is 14.3 Å². The van der Waals surface area contributed by atoms with Gasteiger partial charge in [-0.1, -0.05) is 12.1 Å². The van der Waals surface area contributed by atoms with Crippen LogP contribution in [0, 0.1) is 6.92 Å². The summed E-state index contributed by atoms with van der Waals surface area (Å²) in [4.78, 5) is 19.3. The Hall–Kier alpha value is -3.09. The first-order chi connectivity index (χ1) is 15.2. The van der Waals surface area contributed by atoms with E-state index >= 15 is 0 Å². The number of nitrogens with zero attached hydrogens (tertiary/aromatic N) is 4. The second-order valence-corrected chi connectivity index (χ2v) is 9.50. The Bertz CT molecular complexity index is 1090. The van der Waals surface area contributed by atoms with Crippen LogP contribution in [-0.2, 0) is 11.3 Å². The Balaban J connectivity index is 1.50. The second kappa shape index (κ2) is 8.81. The molecule has 0 unspecified atom stereocenters. The summed E-state index contributed by atoms with van der Waals surface area (Å²) in [5, 5.41) is 5.63. The smallest absolute Gasteiger partial charge is 0.410 e. The van der Waals surface area contributed by atoms with Crippen molar-refractivity contribution >= 4 is 17.1 Å². The molecule has 0 N–H and O–H groups in total. The Labute approximate surface area is 189 Å². The molecule has 32 heavy (non-hydrogen) atoms. The van der Waals surface area contributed by atoms with Gasteiger partial charge in [-0.15, -0.1) is 0 Å². The molecule has 1 saturated heterocycles. The number of hydrogen-bond donors (Lipinski definition) is 0. The van der Waals surface area contributed by atoms with Crippen molar-refractivity contribution in [3.63, 3.8) is 0 Å². The molecule has 1 amide bonds. The molecular formula is C25H32N4O3. The average molecular weight is 437 g/mol. The van der Waals surface area contributed by atoms with Gasteiger partial charge in [-0.3, -0.25) is 0 Å². The Kier molecular flexibility index (Phi) is 6.09. The van der Waals surface area contributed by atoms with Gasteiger partial charge in [0.15, 0.2) is 5.65 Å². The van der Waals surface area contributed by atoms with Crippen LogP contribution in [0.25, 0.3) is 11.0 Å². The SMILES string of the molecule is COc1ccc(Cn2ncc3cc(C)c(C4CCN(C(=O)OC(C)(C)C)CC4)nc32)cc1. The predicted molar refractivity (Wildman–Crippen MR) is 124 cm³/mol. The number of rotatable bonds is 4. The number of ether oxygens (including phenoxy) is 2. The fourth-order valence-electron chi connectivity index (χ4n) is 4.22. The number of amides is 1. The van der Waals surface area contributed by atoms with Gasteiger partial charge in [-0.25, -0.2) is 14.5 Å². The molecule has 0 saturated carbocycles. The molecule has 2 aromatic heterocycles. The standard InChI is InChI=1S/C25H32N4O3/c1-17-14-20-15-26-29(16-18-6-8-21(31-5)9-7-18)23(20)27-22(17)19-10-12-28(13-11-19)24(30)32-25(2,3)4/h6-9,14-15,19H,10-13,16H2,1-5H3. The zero-order valence-electron chi connectivity index (χ0n) is 19.6. The molecule has 0 spiro atoms. The van der Waals surface area contributed by atoms with Crippen LogP contribution in [0.1, 0.15) is 56.4 Å². The molecule has 1 fully saturated rings. The second-order valence-electron chi connectivity index (χ2n) is 9.50. The van der Waals surface area contributed by atoms with Crippen LogP contribution < -0.4 is 4.74 Å². The molecule has 3 aromatic rings. The molecular weight excluding hydrogens is 404 g/mol. The number of aromatic nitrogens is 3. The Morgan fingerprint density at radius 3 is 2.47 bits per heavy atom. The summed E-state index contributed by atoms with van der Waals surface area (Å²) in [6.45, 7) is 9.83. The van der Waals surface area contributed by atoms with Crippen LogP contribution in [0.2, 0.25) is 0 Å². The molecule has 170 valence electrons. The van der Waals surface area contributed by atoms with Crippen LogP contribution >= 0.6 is 0 Å². The van der Waals surface area contributed by atoms with Crippen LogP contribution in [0.4, 0.5) is 4.79 Å². The Morgan fingerprint density at radius 1 is 1.16 bits per heavy atom. The van der Waals surface area contributed by atoms with Crippen LogP contribution in [0.3, 0.4) is 0 Å².